The Morgan fingerprint density at radius 1 is 1.46 bits per heavy atom. The molecule has 1 radical (unpaired) electrons. The fraction of sp³-hybridized carbons (Fsp3) is 0.222. The molecule has 0 aliphatic rings. The molecule has 0 spiro atoms. The molecular weight excluding hydrogens is 300 g/mol. The van der Waals surface area contributed by atoms with E-state index < -0.39 is 6.10 Å². The highest BCUT2D eigenvalue weighted by atomic mass is 79.9. The van der Waals surface area contributed by atoms with Crippen LogP contribution in [0.25, 0.3) is 0 Å². The Kier molecular flexibility index (Phi) is 3.93. The topological polar surface area (TPSA) is 26.3 Å². The fourth-order valence-corrected chi connectivity index (χ4v) is 1.50. The van der Waals surface area contributed by atoms with Gasteiger partial charge in [-0.3, -0.25) is 4.79 Å². The third-order valence-electron chi connectivity index (χ3n) is 1.39. The molecule has 0 N–H and O–H groups in total. The summed E-state index contributed by atoms with van der Waals surface area (Å²) in [4.78, 5) is 10.2. The maximum absolute atomic E-state index is 10.2. The van der Waals surface area contributed by atoms with E-state index in [9.17, 15) is 4.79 Å². The highest BCUT2D eigenvalue weighted by Crippen LogP contribution is 2.32. The van der Waals surface area contributed by atoms with Crippen LogP contribution in [0.3, 0.4) is 0 Å². The summed E-state index contributed by atoms with van der Waals surface area (Å²) in [5.74, 6) is 0.630. The Morgan fingerprint density at radius 2 is 2.15 bits per heavy atom. The summed E-state index contributed by atoms with van der Waals surface area (Å²) in [5.41, 5.74) is 0. The Labute approximate surface area is 93.5 Å². The third-order valence-corrected chi connectivity index (χ3v) is 3.40. The molecule has 1 aromatic carbocycles. The minimum atomic E-state index is -0.550. The highest BCUT2D eigenvalue weighted by molar-refractivity contribution is 9.13. The number of rotatable bonds is 3. The lowest BCUT2D eigenvalue weighted by Gasteiger charge is -2.10. The van der Waals surface area contributed by atoms with Crippen LogP contribution < -0.4 is 4.74 Å². The van der Waals surface area contributed by atoms with E-state index in [1.807, 2.05) is 12.1 Å². The van der Waals surface area contributed by atoms with Crippen LogP contribution >= 0.6 is 31.9 Å². The van der Waals surface area contributed by atoms with Crippen LogP contribution in [0.2, 0.25) is 0 Å². The molecule has 1 aromatic rings. The van der Waals surface area contributed by atoms with Gasteiger partial charge in [0.05, 0.1) is 4.47 Å². The molecule has 1 rings (SSSR count). The second-order valence-corrected chi connectivity index (χ2v) is 4.08. The standard InChI is InChI=1S/C9H7Br2O2/c1-6(5-12)13-8-4-2-3-7(10)9(8)11/h2-4,6H,1H3. The first-order chi connectivity index (χ1) is 6.15. The van der Waals surface area contributed by atoms with Gasteiger partial charge in [-0.05, 0) is 50.9 Å². The van der Waals surface area contributed by atoms with Crippen molar-refractivity contribution in [2.75, 3.05) is 0 Å². The van der Waals surface area contributed by atoms with E-state index in [1.165, 1.54) is 0 Å². The zero-order valence-corrected chi connectivity index (χ0v) is 10.1. The Balaban J connectivity index is 2.88. The van der Waals surface area contributed by atoms with Crippen LogP contribution in [0, 0.1) is 0 Å². The van der Waals surface area contributed by atoms with E-state index in [2.05, 4.69) is 31.9 Å². The molecule has 0 amide bonds. The van der Waals surface area contributed by atoms with Gasteiger partial charge in [-0.1, -0.05) is 6.07 Å². The zero-order valence-electron chi connectivity index (χ0n) is 6.88. The van der Waals surface area contributed by atoms with E-state index in [4.69, 9.17) is 4.74 Å². The molecule has 4 heteroatoms. The van der Waals surface area contributed by atoms with Gasteiger partial charge < -0.3 is 4.74 Å². The average molecular weight is 307 g/mol. The second kappa shape index (κ2) is 4.77. The van der Waals surface area contributed by atoms with Gasteiger partial charge in [0.25, 0.3) is 0 Å². The second-order valence-electron chi connectivity index (χ2n) is 2.43. The van der Waals surface area contributed by atoms with Crippen LogP contribution in [-0.2, 0) is 4.79 Å². The number of hydrogen-bond acceptors (Lipinski definition) is 2. The molecule has 0 aliphatic heterocycles. The van der Waals surface area contributed by atoms with Crippen LogP contribution in [0.4, 0.5) is 0 Å². The largest absolute Gasteiger partial charge is 0.481 e. The number of hydrogen-bond donors (Lipinski definition) is 0. The molecule has 2 nitrogen and oxygen atoms in total. The van der Waals surface area contributed by atoms with Crippen molar-refractivity contribution in [2.45, 2.75) is 13.0 Å². The average Bonchev–Trinajstić information content (AvgIpc) is 2.13. The lowest BCUT2D eigenvalue weighted by molar-refractivity contribution is 0.277. The monoisotopic (exact) mass is 305 g/mol. The first-order valence-corrected chi connectivity index (χ1v) is 5.22. The molecule has 13 heavy (non-hydrogen) atoms. The van der Waals surface area contributed by atoms with E-state index in [-0.39, 0.29) is 0 Å². The molecule has 69 valence electrons. The minimum absolute atomic E-state index is 0.550. The number of halogens is 2. The zero-order chi connectivity index (χ0) is 9.84. The van der Waals surface area contributed by atoms with E-state index in [1.54, 1.807) is 19.3 Å². The summed E-state index contributed by atoms with van der Waals surface area (Å²) < 4.78 is 6.97. The molecule has 0 bridgehead atoms. The number of carbonyl (C=O) groups excluding carboxylic acids is 1. The van der Waals surface area contributed by atoms with Crippen LogP contribution in [0.15, 0.2) is 27.1 Å². The van der Waals surface area contributed by atoms with Crippen molar-refractivity contribution in [3.8, 4) is 5.75 Å². The van der Waals surface area contributed by atoms with Gasteiger partial charge in [0.1, 0.15) is 5.75 Å². The lowest BCUT2D eigenvalue weighted by atomic mass is 10.3. The van der Waals surface area contributed by atoms with Gasteiger partial charge in [-0.15, -0.1) is 0 Å². The minimum Gasteiger partial charge on any atom is -0.481 e. The van der Waals surface area contributed by atoms with E-state index in [0.29, 0.717) is 5.75 Å². The van der Waals surface area contributed by atoms with Crippen LogP contribution in [0.1, 0.15) is 6.92 Å². The molecule has 0 aromatic heterocycles. The van der Waals surface area contributed by atoms with Crippen molar-refractivity contribution >= 4 is 38.1 Å². The SMILES string of the molecule is CC([C]=O)Oc1cccc(Br)c1Br. The van der Waals surface area contributed by atoms with Crippen molar-refractivity contribution in [3.63, 3.8) is 0 Å². The quantitative estimate of drug-likeness (QED) is 0.858. The molecule has 1 unspecified atom stereocenters. The van der Waals surface area contributed by atoms with E-state index >= 15 is 0 Å². The van der Waals surface area contributed by atoms with Crippen molar-refractivity contribution < 1.29 is 9.53 Å². The number of benzene rings is 1. The molecule has 0 saturated carbocycles. The molecule has 0 aliphatic carbocycles. The van der Waals surface area contributed by atoms with E-state index in [0.717, 1.165) is 8.95 Å². The molecule has 0 fully saturated rings. The smallest absolute Gasteiger partial charge is 0.242 e. The number of ether oxygens (including phenoxy) is 1. The third kappa shape index (κ3) is 2.81. The molecular formula is C9H7Br2O2. The summed E-state index contributed by atoms with van der Waals surface area (Å²) >= 11 is 6.67. The first kappa shape index (κ1) is 10.7. The summed E-state index contributed by atoms with van der Waals surface area (Å²) in [6, 6.07) is 5.50. The van der Waals surface area contributed by atoms with Gasteiger partial charge in [0, 0.05) is 4.47 Å². The summed E-state index contributed by atoms with van der Waals surface area (Å²) in [6.07, 6.45) is 1.20. The maximum Gasteiger partial charge on any atom is 0.242 e. The predicted molar refractivity (Wildman–Crippen MR) is 57.6 cm³/mol. The molecule has 0 saturated heterocycles. The highest BCUT2D eigenvalue weighted by Gasteiger charge is 2.08. The summed E-state index contributed by atoms with van der Waals surface area (Å²) in [5, 5.41) is 0. The van der Waals surface area contributed by atoms with Gasteiger partial charge in [0.2, 0.25) is 6.29 Å². The lowest BCUT2D eigenvalue weighted by Crippen LogP contribution is -2.12. The van der Waals surface area contributed by atoms with Crippen LogP contribution in [0.5, 0.6) is 5.75 Å². The normalized spacial score (nSPS) is 12.2. The van der Waals surface area contributed by atoms with Gasteiger partial charge >= 0.3 is 0 Å². The maximum atomic E-state index is 10.2. The molecule has 1 atom stereocenters. The fourth-order valence-electron chi connectivity index (χ4n) is 0.790. The Morgan fingerprint density at radius 3 is 2.77 bits per heavy atom. The van der Waals surface area contributed by atoms with Crippen molar-refractivity contribution in [2.24, 2.45) is 0 Å². The summed E-state index contributed by atoms with van der Waals surface area (Å²) in [6.45, 7) is 1.64. The van der Waals surface area contributed by atoms with Crippen molar-refractivity contribution in [1.82, 2.24) is 0 Å². The van der Waals surface area contributed by atoms with Crippen LogP contribution in [-0.4, -0.2) is 12.4 Å². The Bertz CT molecular complexity index is 312. The predicted octanol–water partition coefficient (Wildman–Crippen LogP) is 3.09. The summed E-state index contributed by atoms with van der Waals surface area (Å²) in [7, 11) is 0. The van der Waals surface area contributed by atoms with Gasteiger partial charge in [0.15, 0.2) is 6.10 Å². The first-order valence-electron chi connectivity index (χ1n) is 3.63. The van der Waals surface area contributed by atoms with Gasteiger partial charge in [-0.2, -0.15) is 0 Å². The Hall–Kier alpha value is -0.350. The van der Waals surface area contributed by atoms with Crippen molar-refractivity contribution in [1.29, 1.82) is 0 Å². The molecule has 0 heterocycles. The van der Waals surface area contributed by atoms with Gasteiger partial charge in [-0.25, -0.2) is 0 Å². The van der Waals surface area contributed by atoms with Crippen molar-refractivity contribution in [3.05, 3.63) is 27.1 Å².